The van der Waals surface area contributed by atoms with Crippen LogP contribution < -0.4 is 16.0 Å². The van der Waals surface area contributed by atoms with Crippen LogP contribution in [-0.2, 0) is 21.4 Å². The van der Waals surface area contributed by atoms with Gasteiger partial charge in [-0.2, -0.15) is 4.31 Å². The smallest absolute Gasteiger partial charge is 0.408 e. The number of nitrogens with zero attached hydrogens (tertiary/aromatic N) is 4. The number of fused-ring (bicyclic) bond motifs is 1. The Morgan fingerprint density at radius 2 is 1.97 bits per heavy atom. The van der Waals surface area contributed by atoms with Gasteiger partial charge in [0.1, 0.15) is 0 Å². The molecule has 3 aromatic rings. The maximum atomic E-state index is 12.8. The molecule has 2 aromatic heterocycles. The number of sulfonamides is 1. The summed E-state index contributed by atoms with van der Waals surface area (Å²) in [5.74, 6) is -0.298. The second kappa shape index (κ2) is 8.75. The molecule has 1 saturated heterocycles. The monoisotopic (exact) mass is 459 g/mol. The van der Waals surface area contributed by atoms with Gasteiger partial charge in [-0.05, 0) is 37.1 Å². The van der Waals surface area contributed by atoms with E-state index in [0.29, 0.717) is 30.1 Å². The number of nitrogens with one attached hydrogen (secondary N) is 1. The van der Waals surface area contributed by atoms with Crippen molar-refractivity contribution in [3.63, 3.8) is 0 Å². The summed E-state index contributed by atoms with van der Waals surface area (Å²) < 4.78 is 33.6. The van der Waals surface area contributed by atoms with E-state index in [2.05, 4.69) is 10.3 Å². The molecule has 0 unspecified atom stereocenters. The van der Waals surface area contributed by atoms with Crippen LogP contribution in [0.4, 0.5) is 11.5 Å². The Balaban J connectivity index is 1.51. The topological polar surface area (TPSA) is 118 Å². The van der Waals surface area contributed by atoms with E-state index in [1.54, 1.807) is 29.3 Å². The predicted octanol–water partition coefficient (Wildman–Crippen LogP) is 1.87. The third-order valence-electron chi connectivity index (χ3n) is 5.39. The SMILES string of the molecule is CN(C)c1ncccc1NC(=O)CCn1c(=O)oc2cc(S(=O)(=O)N3CCCC3)ccc21. The fourth-order valence-corrected chi connectivity index (χ4v) is 5.31. The van der Waals surface area contributed by atoms with Crippen molar-refractivity contribution < 1.29 is 17.6 Å². The van der Waals surface area contributed by atoms with Gasteiger partial charge in [-0.1, -0.05) is 0 Å². The molecule has 0 atom stereocenters. The van der Waals surface area contributed by atoms with Crippen molar-refractivity contribution in [2.45, 2.75) is 30.7 Å². The third kappa shape index (κ3) is 4.26. The van der Waals surface area contributed by atoms with Crippen molar-refractivity contribution in [2.75, 3.05) is 37.4 Å². The fourth-order valence-electron chi connectivity index (χ4n) is 3.77. The number of benzene rings is 1. The lowest BCUT2D eigenvalue weighted by atomic mass is 10.3. The Bertz CT molecular complexity index is 1310. The summed E-state index contributed by atoms with van der Waals surface area (Å²) in [7, 11) is 0.0362. The lowest BCUT2D eigenvalue weighted by Crippen LogP contribution is -2.27. The molecule has 32 heavy (non-hydrogen) atoms. The van der Waals surface area contributed by atoms with Gasteiger partial charge in [0.2, 0.25) is 15.9 Å². The van der Waals surface area contributed by atoms with Crippen molar-refractivity contribution in [3.05, 3.63) is 47.1 Å². The molecule has 1 aromatic carbocycles. The molecule has 0 bridgehead atoms. The van der Waals surface area contributed by atoms with E-state index < -0.39 is 15.8 Å². The fraction of sp³-hybridized carbons (Fsp3) is 0.381. The van der Waals surface area contributed by atoms with Crippen LogP contribution in [0.1, 0.15) is 19.3 Å². The number of rotatable bonds is 7. The summed E-state index contributed by atoms with van der Waals surface area (Å²) >= 11 is 0. The standard InChI is InChI=1S/C21H25N5O5S/c1-24(2)20-16(6-5-10-22-20)23-19(27)9-13-26-17-8-7-15(14-18(17)31-21(26)28)32(29,30)25-11-3-4-12-25/h5-8,10,14H,3-4,9,11-13H2,1-2H3,(H,23,27). The van der Waals surface area contributed by atoms with Gasteiger partial charge in [0, 0.05) is 52.4 Å². The highest BCUT2D eigenvalue weighted by molar-refractivity contribution is 7.89. The summed E-state index contributed by atoms with van der Waals surface area (Å²) in [5, 5.41) is 2.81. The largest absolute Gasteiger partial charge is 0.419 e. The van der Waals surface area contributed by atoms with Gasteiger partial charge in [0.05, 0.1) is 16.1 Å². The molecular weight excluding hydrogens is 434 g/mol. The van der Waals surface area contributed by atoms with Crippen molar-refractivity contribution in [3.8, 4) is 0 Å². The molecule has 0 radical (unpaired) electrons. The molecule has 3 heterocycles. The van der Waals surface area contributed by atoms with Crippen LogP contribution in [0.5, 0.6) is 0 Å². The van der Waals surface area contributed by atoms with E-state index >= 15 is 0 Å². The van der Waals surface area contributed by atoms with Crippen LogP contribution in [0.2, 0.25) is 0 Å². The minimum atomic E-state index is -3.62. The molecule has 4 rings (SSSR count). The van der Waals surface area contributed by atoms with Crippen LogP contribution >= 0.6 is 0 Å². The number of aryl methyl sites for hydroxylation is 1. The first kappa shape index (κ1) is 22.0. The first-order chi connectivity index (χ1) is 15.3. The first-order valence-corrected chi connectivity index (χ1v) is 11.8. The van der Waals surface area contributed by atoms with E-state index in [4.69, 9.17) is 4.42 Å². The maximum absolute atomic E-state index is 12.8. The van der Waals surface area contributed by atoms with Crippen molar-refractivity contribution in [2.24, 2.45) is 0 Å². The van der Waals surface area contributed by atoms with Crippen LogP contribution in [0.15, 0.2) is 50.6 Å². The Morgan fingerprint density at radius 1 is 1.22 bits per heavy atom. The molecule has 1 aliphatic rings. The summed E-state index contributed by atoms with van der Waals surface area (Å²) in [6, 6.07) is 7.87. The number of carbonyl (C=O) groups is 1. The molecule has 1 aliphatic heterocycles. The lowest BCUT2D eigenvalue weighted by molar-refractivity contribution is -0.116. The molecule has 0 saturated carbocycles. The highest BCUT2D eigenvalue weighted by atomic mass is 32.2. The minimum absolute atomic E-state index is 0.0319. The van der Waals surface area contributed by atoms with Gasteiger partial charge in [-0.25, -0.2) is 18.2 Å². The number of amides is 1. The van der Waals surface area contributed by atoms with E-state index in [-0.39, 0.29) is 29.4 Å². The maximum Gasteiger partial charge on any atom is 0.419 e. The second-order valence-electron chi connectivity index (χ2n) is 7.83. The first-order valence-electron chi connectivity index (χ1n) is 10.3. The zero-order chi connectivity index (χ0) is 22.9. The van der Waals surface area contributed by atoms with Crippen LogP contribution in [0, 0.1) is 0 Å². The van der Waals surface area contributed by atoms with Crippen LogP contribution in [0.3, 0.4) is 0 Å². The third-order valence-corrected chi connectivity index (χ3v) is 7.28. The number of anilines is 2. The van der Waals surface area contributed by atoms with E-state index in [1.165, 1.54) is 21.0 Å². The van der Waals surface area contributed by atoms with Crippen LogP contribution in [-0.4, -0.2) is 55.4 Å². The van der Waals surface area contributed by atoms with Gasteiger partial charge in [-0.15, -0.1) is 0 Å². The lowest BCUT2D eigenvalue weighted by Gasteiger charge is -2.16. The summed E-state index contributed by atoms with van der Waals surface area (Å²) in [6.45, 7) is 1.08. The number of hydrogen-bond acceptors (Lipinski definition) is 7. The highest BCUT2D eigenvalue weighted by Gasteiger charge is 2.28. The number of pyridine rings is 1. The Morgan fingerprint density at radius 3 is 2.69 bits per heavy atom. The Kier molecular flexibility index (Phi) is 6.02. The molecule has 1 N–H and O–H groups in total. The number of aromatic nitrogens is 2. The predicted molar refractivity (Wildman–Crippen MR) is 120 cm³/mol. The quantitative estimate of drug-likeness (QED) is 0.573. The Hall–Kier alpha value is -3.18. The number of carbonyl (C=O) groups excluding carboxylic acids is 1. The van der Waals surface area contributed by atoms with Crippen LogP contribution in [0.25, 0.3) is 11.1 Å². The van der Waals surface area contributed by atoms with Gasteiger partial charge in [0.15, 0.2) is 11.4 Å². The van der Waals surface area contributed by atoms with E-state index in [0.717, 1.165) is 12.8 Å². The molecular formula is C21H25N5O5S. The summed E-state index contributed by atoms with van der Waals surface area (Å²) in [6.07, 6.45) is 3.35. The molecule has 1 amide bonds. The molecule has 0 spiro atoms. The van der Waals surface area contributed by atoms with Gasteiger partial charge in [-0.3, -0.25) is 9.36 Å². The molecule has 1 fully saturated rings. The molecule has 170 valence electrons. The second-order valence-corrected chi connectivity index (χ2v) is 9.77. The Labute approximate surface area is 185 Å². The van der Waals surface area contributed by atoms with E-state index in [1.807, 2.05) is 14.1 Å². The number of hydrogen-bond donors (Lipinski definition) is 1. The summed E-state index contributed by atoms with van der Waals surface area (Å²) in [4.78, 5) is 31.0. The molecule has 11 heteroatoms. The summed E-state index contributed by atoms with van der Waals surface area (Å²) in [5.41, 5.74) is 1.19. The molecule has 0 aliphatic carbocycles. The van der Waals surface area contributed by atoms with Crippen molar-refractivity contribution >= 4 is 38.5 Å². The normalized spacial score (nSPS) is 14.7. The van der Waals surface area contributed by atoms with E-state index in [9.17, 15) is 18.0 Å². The molecule has 10 nitrogen and oxygen atoms in total. The zero-order valence-corrected chi connectivity index (χ0v) is 18.8. The van der Waals surface area contributed by atoms with Gasteiger partial charge >= 0.3 is 5.76 Å². The zero-order valence-electron chi connectivity index (χ0n) is 17.9. The van der Waals surface area contributed by atoms with Gasteiger partial charge < -0.3 is 14.6 Å². The highest BCUT2D eigenvalue weighted by Crippen LogP contribution is 2.25. The minimum Gasteiger partial charge on any atom is -0.408 e. The van der Waals surface area contributed by atoms with Crippen molar-refractivity contribution in [1.82, 2.24) is 13.9 Å². The number of oxazole rings is 1. The average Bonchev–Trinajstić information content (AvgIpc) is 3.40. The average molecular weight is 460 g/mol. The van der Waals surface area contributed by atoms with Crippen molar-refractivity contribution in [1.29, 1.82) is 0 Å². The van der Waals surface area contributed by atoms with Gasteiger partial charge in [0.25, 0.3) is 0 Å².